The summed E-state index contributed by atoms with van der Waals surface area (Å²) in [5.41, 5.74) is 1.62. The second-order valence-electron chi connectivity index (χ2n) is 5.13. The van der Waals surface area contributed by atoms with E-state index >= 15 is 0 Å². The van der Waals surface area contributed by atoms with Crippen molar-refractivity contribution < 1.29 is 14.3 Å². The van der Waals surface area contributed by atoms with E-state index < -0.39 is 0 Å². The van der Waals surface area contributed by atoms with Gasteiger partial charge in [-0.15, -0.1) is 0 Å². The molecule has 4 nitrogen and oxygen atoms in total. The third-order valence-corrected chi connectivity index (χ3v) is 3.45. The minimum Gasteiger partial charge on any atom is -0.490 e. The quantitative estimate of drug-likeness (QED) is 0.841. The van der Waals surface area contributed by atoms with Gasteiger partial charge in [-0.05, 0) is 50.6 Å². The van der Waals surface area contributed by atoms with Crippen molar-refractivity contribution in [3.05, 3.63) is 59.7 Å². The second kappa shape index (κ2) is 8.22. The highest BCUT2D eigenvalue weighted by Gasteiger charge is 2.14. The number of nitrogens with one attached hydrogen (secondary N) is 1. The summed E-state index contributed by atoms with van der Waals surface area (Å²) in [5.74, 6) is 1.33. The van der Waals surface area contributed by atoms with Gasteiger partial charge < -0.3 is 14.8 Å². The van der Waals surface area contributed by atoms with Crippen LogP contribution in [0.3, 0.4) is 0 Å². The minimum absolute atomic E-state index is 0.0926. The zero-order valence-corrected chi connectivity index (χ0v) is 13.8. The summed E-state index contributed by atoms with van der Waals surface area (Å²) >= 11 is 0. The summed E-state index contributed by atoms with van der Waals surface area (Å²) in [4.78, 5) is 12.2. The van der Waals surface area contributed by atoms with Gasteiger partial charge in [0.15, 0.2) is 11.5 Å². The first-order valence-electron chi connectivity index (χ1n) is 7.91. The molecule has 23 heavy (non-hydrogen) atoms. The predicted octanol–water partition coefficient (Wildman–Crippen LogP) is 3.98. The number of carbonyl (C=O) groups is 1. The highest BCUT2D eigenvalue weighted by molar-refractivity contribution is 5.94. The summed E-state index contributed by atoms with van der Waals surface area (Å²) in [6, 6.07) is 14.8. The van der Waals surface area contributed by atoms with Gasteiger partial charge in [0.2, 0.25) is 0 Å². The molecule has 0 radical (unpaired) electrons. The van der Waals surface area contributed by atoms with Gasteiger partial charge in [-0.3, -0.25) is 4.79 Å². The number of ether oxygens (including phenoxy) is 2. The first kappa shape index (κ1) is 16.9. The van der Waals surface area contributed by atoms with E-state index in [1.807, 2.05) is 57.2 Å². The molecule has 2 rings (SSSR count). The summed E-state index contributed by atoms with van der Waals surface area (Å²) in [6.45, 7) is 6.97. The molecule has 4 heteroatoms. The van der Waals surface area contributed by atoms with Crippen LogP contribution in [0.1, 0.15) is 42.7 Å². The summed E-state index contributed by atoms with van der Waals surface area (Å²) in [7, 11) is 0. The molecule has 0 aliphatic rings. The average molecular weight is 313 g/mol. The molecule has 2 aromatic rings. The highest BCUT2D eigenvalue weighted by Crippen LogP contribution is 2.30. The van der Waals surface area contributed by atoms with Crippen molar-refractivity contribution in [1.29, 1.82) is 0 Å². The lowest BCUT2D eigenvalue weighted by Crippen LogP contribution is -2.26. The lowest BCUT2D eigenvalue weighted by Gasteiger charge is -2.17. The Morgan fingerprint density at radius 2 is 1.65 bits per heavy atom. The molecule has 0 saturated heterocycles. The van der Waals surface area contributed by atoms with Crippen LogP contribution in [0.4, 0.5) is 0 Å². The fourth-order valence-corrected chi connectivity index (χ4v) is 2.29. The SMILES string of the molecule is CCOc1ccc([C@@H](C)NC(=O)c2ccccc2)cc1OCC. The largest absolute Gasteiger partial charge is 0.490 e. The lowest BCUT2D eigenvalue weighted by molar-refractivity contribution is 0.0940. The molecule has 0 saturated carbocycles. The molecular weight excluding hydrogens is 290 g/mol. The van der Waals surface area contributed by atoms with E-state index in [0.717, 1.165) is 11.3 Å². The van der Waals surface area contributed by atoms with E-state index in [-0.39, 0.29) is 11.9 Å². The van der Waals surface area contributed by atoms with Crippen molar-refractivity contribution in [3.63, 3.8) is 0 Å². The molecule has 0 aliphatic heterocycles. The van der Waals surface area contributed by atoms with Crippen LogP contribution in [0.5, 0.6) is 11.5 Å². The smallest absolute Gasteiger partial charge is 0.251 e. The third-order valence-electron chi connectivity index (χ3n) is 3.45. The Labute approximate surface area is 137 Å². The van der Waals surface area contributed by atoms with Crippen molar-refractivity contribution in [3.8, 4) is 11.5 Å². The van der Waals surface area contributed by atoms with Gasteiger partial charge >= 0.3 is 0 Å². The molecule has 1 atom stereocenters. The Balaban J connectivity index is 2.14. The second-order valence-corrected chi connectivity index (χ2v) is 5.13. The predicted molar refractivity (Wildman–Crippen MR) is 91.1 cm³/mol. The normalized spacial score (nSPS) is 11.6. The molecule has 0 unspecified atom stereocenters. The van der Waals surface area contributed by atoms with Crippen LogP contribution in [0.25, 0.3) is 0 Å². The number of hydrogen-bond donors (Lipinski definition) is 1. The van der Waals surface area contributed by atoms with Crippen molar-refractivity contribution in [2.45, 2.75) is 26.8 Å². The number of carbonyl (C=O) groups excluding carboxylic acids is 1. The number of benzene rings is 2. The summed E-state index contributed by atoms with van der Waals surface area (Å²) < 4.78 is 11.2. The van der Waals surface area contributed by atoms with E-state index in [1.54, 1.807) is 12.1 Å². The van der Waals surface area contributed by atoms with Gasteiger partial charge in [-0.25, -0.2) is 0 Å². The first-order chi connectivity index (χ1) is 11.2. The fourth-order valence-electron chi connectivity index (χ4n) is 2.29. The molecule has 0 aliphatic carbocycles. The Kier molecular flexibility index (Phi) is 6.03. The van der Waals surface area contributed by atoms with Crippen LogP contribution in [-0.2, 0) is 0 Å². The van der Waals surface area contributed by atoms with E-state index in [9.17, 15) is 4.79 Å². The van der Waals surface area contributed by atoms with Crippen LogP contribution in [-0.4, -0.2) is 19.1 Å². The fraction of sp³-hybridized carbons (Fsp3) is 0.316. The molecule has 0 bridgehead atoms. The maximum Gasteiger partial charge on any atom is 0.251 e. The Morgan fingerprint density at radius 3 is 2.30 bits per heavy atom. The van der Waals surface area contributed by atoms with Crippen LogP contribution in [0, 0.1) is 0 Å². The maximum atomic E-state index is 12.2. The van der Waals surface area contributed by atoms with Gasteiger partial charge in [0.25, 0.3) is 5.91 Å². The van der Waals surface area contributed by atoms with Gasteiger partial charge in [0.1, 0.15) is 0 Å². The third kappa shape index (κ3) is 4.49. The Morgan fingerprint density at radius 1 is 1.00 bits per heavy atom. The standard InChI is InChI=1S/C19H23NO3/c1-4-22-17-12-11-16(13-18(17)23-5-2)14(3)20-19(21)15-9-7-6-8-10-15/h6-14H,4-5H2,1-3H3,(H,20,21)/t14-/m1/s1. The van der Waals surface area contributed by atoms with E-state index in [0.29, 0.717) is 24.5 Å². The van der Waals surface area contributed by atoms with Crippen molar-refractivity contribution in [1.82, 2.24) is 5.32 Å². The van der Waals surface area contributed by atoms with Gasteiger partial charge in [-0.2, -0.15) is 0 Å². The zero-order valence-electron chi connectivity index (χ0n) is 13.8. The number of hydrogen-bond acceptors (Lipinski definition) is 3. The molecule has 1 amide bonds. The monoisotopic (exact) mass is 313 g/mol. The first-order valence-corrected chi connectivity index (χ1v) is 7.91. The lowest BCUT2D eigenvalue weighted by atomic mass is 10.1. The van der Waals surface area contributed by atoms with Gasteiger partial charge in [0.05, 0.1) is 19.3 Å². The number of rotatable bonds is 7. The van der Waals surface area contributed by atoms with Crippen LogP contribution in [0.15, 0.2) is 48.5 Å². The van der Waals surface area contributed by atoms with Crippen molar-refractivity contribution in [2.75, 3.05) is 13.2 Å². The molecule has 122 valence electrons. The molecule has 0 spiro atoms. The highest BCUT2D eigenvalue weighted by atomic mass is 16.5. The average Bonchev–Trinajstić information content (AvgIpc) is 2.57. The van der Waals surface area contributed by atoms with Crippen molar-refractivity contribution >= 4 is 5.91 Å². The van der Waals surface area contributed by atoms with Crippen LogP contribution >= 0.6 is 0 Å². The molecule has 0 fully saturated rings. The Hall–Kier alpha value is -2.49. The summed E-state index contributed by atoms with van der Waals surface area (Å²) in [6.07, 6.45) is 0. The van der Waals surface area contributed by atoms with E-state index in [1.165, 1.54) is 0 Å². The zero-order chi connectivity index (χ0) is 16.7. The van der Waals surface area contributed by atoms with Crippen LogP contribution in [0.2, 0.25) is 0 Å². The molecule has 1 N–H and O–H groups in total. The topological polar surface area (TPSA) is 47.6 Å². The van der Waals surface area contributed by atoms with Gasteiger partial charge in [0, 0.05) is 5.56 Å². The van der Waals surface area contributed by atoms with E-state index in [4.69, 9.17) is 9.47 Å². The maximum absolute atomic E-state index is 12.2. The molecule has 0 aromatic heterocycles. The molecule has 2 aromatic carbocycles. The number of amides is 1. The molecule has 0 heterocycles. The molecular formula is C19H23NO3. The van der Waals surface area contributed by atoms with Gasteiger partial charge in [-0.1, -0.05) is 24.3 Å². The summed E-state index contributed by atoms with van der Waals surface area (Å²) in [5, 5.41) is 3.00. The Bertz CT molecular complexity index is 640. The minimum atomic E-state index is -0.127. The van der Waals surface area contributed by atoms with Crippen LogP contribution < -0.4 is 14.8 Å². The van der Waals surface area contributed by atoms with E-state index in [2.05, 4.69) is 5.32 Å². The van der Waals surface area contributed by atoms with Crippen molar-refractivity contribution in [2.24, 2.45) is 0 Å².